The van der Waals surface area contributed by atoms with Gasteiger partial charge in [-0.2, -0.15) is 0 Å². The van der Waals surface area contributed by atoms with Gasteiger partial charge in [-0.25, -0.2) is 0 Å². The number of amides is 1. The van der Waals surface area contributed by atoms with E-state index in [0.29, 0.717) is 16.6 Å². The van der Waals surface area contributed by atoms with E-state index in [1.165, 1.54) is 0 Å². The summed E-state index contributed by atoms with van der Waals surface area (Å²) >= 11 is 12.0. The van der Waals surface area contributed by atoms with Crippen LogP contribution in [0.1, 0.15) is 25.3 Å². The lowest BCUT2D eigenvalue weighted by Crippen LogP contribution is -2.39. The average molecular weight is 315 g/mol. The lowest BCUT2D eigenvalue weighted by molar-refractivity contribution is -0.129. The van der Waals surface area contributed by atoms with Gasteiger partial charge in [0.2, 0.25) is 5.91 Å². The molecule has 1 atom stereocenters. The highest BCUT2D eigenvalue weighted by molar-refractivity contribution is 6.35. The zero-order valence-corrected chi connectivity index (χ0v) is 13.2. The van der Waals surface area contributed by atoms with Gasteiger partial charge in [-0.15, -0.1) is 0 Å². The van der Waals surface area contributed by atoms with Crippen LogP contribution >= 0.6 is 23.2 Å². The van der Waals surface area contributed by atoms with E-state index < -0.39 is 0 Å². The highest BCUT2D eigenvalue weighted by atomic mass is 35.5. The lowest BCUT2D eigenvalue weighted by atomic mass is 10.1. The third-order valence-corrected chi connectivity index (χ3v) is 4.19. The van der Waals surface area contributed by atoms with Crippen molar-refractivity contribution in [2.24, 2.45) is 0 Å². The van der Waals surface area contributed by atoms with Crippen LogP contribution in [-0.2, 0) is 11.2 Å². The number of halogens is 2. The molecular formula is C15H20Cl2N2O. The Labute approximate surface area is 130 Å². The molecule has 1 aromatic carbocycles. The minimum atomic E-state index is -0.00404. The molecule has 0 spiro atoms. The molecule has 0 radical (unpaired) electrons. The van der Waals surface area contributed by atoms with Crippen molar-refractivity contribution in [2.45, 2.75) is 32.2 Å². The summed E-state index contributed by atoms with van der Waals surface area (Å²) in [4.78, 5) is 14.1. The van der Waals surface area contributed by atoms with Gasteiger partial charge in [0.05, 0.1) is 6.04 Å². The zero-order chi connectivity index (χ0) is 14.5. The molecule has 2 rings (SSSR count). The predicted molar refractivity (Wildman–Crippen MR) is 83.4 cm³/mol. The SMILES string of the molecule is CCCNC1CCN(CCc2ccc(Cl)cc2Cl)C1=O. The summed E-state index contributed by atoms with van der Waals surface area (Å²) in [6, 6.07) is 5.50. The Morgan fingerprint density at radius 2 is 2.20 bits per heavy atom. The Balaban J connectivity index is 1.87. The molecule has 20 heavy (non-hydrogen) atoms. The van der Waals surface area contributed by atoms with Crippen LogP contribution in [0, 0.1) is 0 Å². The van der Waals surface area contributed by atoms with Gasteiger partial charge in [-0.1, -0.05) is 36.2 Å². The number of carbonyl (C=O) groups is 1. The van der Waals surface area contributed by atoms with Gasteiger partial charge in [0.25, 0.3) is 0 Å². The molecule has 1 aliphatic rings. The minimum absolute atomic E-state index is 0.00404. The highest BCUT2D eigenvalue weighted by Crippen LogP contribution is 2.22. The van der Waals surface area contributed by atoms with Crippen molar-refractivity contribution in [2.75, 3.05) is 19.6 Å². The summed E-state index contributed by atoms with van der Waals surface area (Å²) in [5.41, 5.74) is 1.04. The van der Waals surface area contributed by atoms with Gasteiger partial charge in [0.15, 0.2) is 0 Å². The first-order valence-electron chi connectivity index (χ1n) is 7.08. The van der Waals surface area contributed by atoms with E-state index in [4.69, 9.17) is 23.2 Å². The minimum Gasteiger partial charge on any atom is -0.341 e. The molecule has 1 heterocycles. The molecule has 0 aliphatic carbocycles. The standard InChI is InChI=1S/C15H20Cl2N2O/c1-2-7-18-14-6-9-19(15(14)20)8-5-11-3-4-12(16)10-13(11)17/h3-4,10,14,18H,2,5-9H2,1H3. The molecule has 1 fully saturated rings. The first-order chi connectivity index (χ1) is 9.61. The third-order valence-electron chi connectivity index (χ3n) is 3.60. The van der Waals surface area contributed by atoms with Crippen molar-refractivity contribution in [1.82, 2.24) is 10.2 Å². The fourth-order valence-corrected chi connectivity index (χ4v) is 2.95. The number of nitrogens with zero attached hydrogens (tertiary/aromatic N) is 1. The Morgan fingerprint density at radius 3 is 2.90 bits per heavy atom. The molecule has 1 N–H and O–H groups in total. The van der Waals surface area contributed by atoms with E-state index in [-0.39, 0.29) is 11.9 Å². The van der Waals surface area contributed by atoms with Crippen LogP contribution in [0.15, 0.2) is 18.2 Å². The van der Waals surface area contributed by atoms with E-state index in [1.807, 2.05) is 17.0 Å². The first-order valence-corrected chi connectivity index (χ1v) is 7.83. The number of nitrogens with one attached hydrogen (secondary N) is 1. The summed E-state index contributed by atoms with van der Waals surface area (Å²) in [6.45, 7) is 4.54. The maximum Gasteiger partial charge on any atom is 0.239 e. The molecule has 0 aromatic heterocycles. The molecule has 3 nitrogen and oxygen atoms in total. The monoisotopic (exact) mass is 314 g/mol. The molecule has 1 aromatic rings. The molecule has 1 amide bonds. The fraction of sp³-hybridized carbons (Fsp3) is 0.533. The van der Waals surface area contributed by atoms with Crippen LogP contribution in [0.3, 0.4) is 0 Å². The van der Waals surface area contributed by atoms with Gasteiger partial charge in [0.1, 0.15) is 0 Å². The van der Waals surface area contributed by atoms with Gasteiger partial charge in [-0.05, 0) is 43.5 Å². The van der Waals surface area contributed by atoms with Crippen LogP contribution in [0.4, 0.5) is 0 Å². The van der Waals surface area contributed by atoms with E-state index in [2.05, 4.69) is 12.2 Å². The average Bonchev–Trinajstić information content (AvgIpc) is 2.76. The summed E-state index contributed by atoms with van der Waals surface area (Å²) < 4.78 is 0. The van der Waals surface area contributed by atoms with Crippen LogP contribution in [0.2, 0.25) is 10.0 Å². The van der Waals surface area contributed by atoms with Gasteiger partial charge in [0, 0.05) is 23.1 Å². The van der Waals surface area contributed by atoms with Gasteiger partial charge in [-0.3, -0.25) is 4.79 Å². The number of hydrogen-bond acceptors (Lipinski definition) is 2. The van der Waals surface area contributed by atoms with Crippen LogP contribution < -0.4 is 5.32 Å². The molecule has 5 heteroatoms. The smallest absolute Gasteiger partial charge is 0.239 e. The van der Waals surface area contributed by atoms with Gasteiger partial charge >= 0.3 is 0 Å². The highest BCUT2D eigenvalue weighted by Gasteiger charge is 2.30. The third kappa shape index (κ3) is 3.87. The number of likely N-dealkylation sites (tertiary alicyclic amines) is 1. The Bertz CT molecular complexity index is 479. The Morgan fingerprint density at radius 1 is 1.40 bits per heavy atom. The summed E-state index contributed by atoms with van der Waals surface area (Å²) in [6.07, 6.45) is 2.71. The zero-order valence-electron chi connectivity index (χ0n) is 11.7. The summed E-state index contributed by atoms with van der Waals surface area (Å²) in [5.74, 6) is 0.212. The van der Waals surface area contributed by atoms with Crippen molar-refractivity contribution in [3.63, 3.8) is 0 Å². The molecular weight excluding hydrogens is 295 g/mol. The lowest BCUT2D eigenvalue weighted by Gasteiger charge is -2.17. The van der Waals surface area contributed by atoms with Crippen molar-refractivity contribution in [3.8, 4) is 0 Å². The largest absolute Gasteiger partial charge is 0.341 e. The molecule has 1 saturated heterocycles. The second-order valence-electron chi connectivity index (χ2n) is 5.11. The second-order valence-corrected chi connectivity index (χ2v) is 5.95. The molecule has 1 aliphatic heterocycles. The molecule has 110 valence electrons. The van der Waals surface area contributed by atoms with Crippen molar-refractivity contribution in [3.05, 3.63) is 33.8 Å². The maximum absolute atomic E-state index is 12.2. The van der Waals surface area contributed by atoms with Gasteiger partial charge < -0.3 is 10.2 Å². The van der Waals surface area contributed by atoms with Crippen LogP contribution in [0.25, 0.3) is 0 Å². The fourth-order valence-electron chi connectivity index (χ4n) is 2.45. The molecule has 0 saturated carbocycles. The number of benzene rings is 1. The number of hydrogen-bond donors (Lipinski definition) is 1. The van der Waals surface area contributed by atoms with E-state index in [0.717, 1.165) is 37.9 Å². The summed E-state index contributed by atoms with van der Waals surface area (Å²) in [7, 11) is 0. The number of rotatable bonds is 6. The molecule has 1 unspecified atom stereocenters. The normalized spacial score (nSPS) is 18.9. The first kappa shape index (κ1) is 15.6. The second kappa shape index (κ2) is 7.30. The van der Waals surface area contributed by atoms with Crippen LogP contribution in [-0.4, -0.2) is 36.5 Å². The Hall–Kier alpha value is -0.770. The molecule has 0 bridgehead atoms. The topological polar surface area (TPSA) is 32.3 Å². The predicted octanol–water partition coefficient (Wildman–Crippen LogP) is 3.14. The van der Waals surface area contributed by atoms with E-state index >= 15 is 0 Å². The van der Waals surface area contributed by atoms with Crippen LogP contribution in [0.5, 0.6) is 0 Å². The maximum atomic E-state index is 12.2. The van der Waals surface area contributed by atoms with Crippen molar-refractivity contribution in [1.29, 1.82) is 0 Å². The van der Waals surface area contributed by atoms with E-state index in [1.54, 1.807) is 6.07 Å². The Kier molecular flexibility index (Phi) is 5.70. The van der Waals surface area contributed by atoms with Crippen molar-refractivity contribution < 1.29 is 4.79 Å². The quantitative estimate of drug-likeness (QED) is 0.875. The number of carbonyl (C=O) groups excluding carboxylic acids is 1. The summed E-state index contributed by atoms with van der Waals surface area (Å²) in [5, 5.41) is 4.60. The van der Waals surface area contributed by atoms with Crippen molar-refractivity contribution >= 4 is 29.1 Å². The van der Waals surface area contributed by atoms with E-state index in [9.17, 15) is 4.79 Å².